The van der Waals surface area contributed by atoms with Crippen molar-refractivity contribution in [2.24, 2.45) is 0 Å². The molecule has 0 aromatic carbocycles. The van der Waals surface area contributed by atoms with Crippen LogP contribution in [0.4, 0.5) is 0 Å². The zero-order valence-electron chi connectivity index (χ0n) is 4.19. The molecule has 0 saturated heterocycles. The summed E-state index contributed by atoms with van der Waals surface area (Å²) in [7, 11) is 0. The summed E-state index contributed by atoms with van der Waals surface area (Å²) in [6.45, 7) is 0. The quantitative estimate of drug-likeness (QED) is 0.476. The van der Waals surface area contributed by atoms with Crippen LogP contribution in [0.5, 0.6) is 0 Å². The van der Waals surface area contributed by atoms with Gasteiger partial charge in [0.15, 0.2) is 0 Å². The third-order valence-electron chi connectivity index (χ3n) is 0. The van der Waals surface area contributed by atoms with Crippen LogP contribution in [0.3, 0.4) is 0 Å². The molecule has 0 atom stereocenters. The molecule has 11 heteroatoms. The molecule has 0 amide bonds. The van der Waals surface area contributed by atoms with E-state index in [4.69, 9.17) is 0 Å². The zero-order valence-corrected chi connectivity index (χ0v) is 11.7. The van der Waals surface area contributed by atoms with Crippen molar-refractivity contribution in [2.45, 2.75) is 0 Å². The number of hydrogen-bond donors (Lipinski definition) is 0. The molecule has 4 nitrogen and oxygen atoms in total. The van der Waals surface area contributed by atoms with Crippen LogP contribution < -0.4 is 0 Å². The SMILES string of the molecule is [Cu].[Cu].[Cu].[N-3].[N-3].[N-3].[N-3].[SiH4].[Ti+4].[Ti+4].[Ti+4]. The average molecular weight is 422 g/mol. The van der Waals surface area contributed by atoms with Crippen LogP contribution >= 0.6 is 0 Å². The van der Waals surface area contributed by atoms with Gasteiger partial charge in [0.05, 0.1) is 0 Å². The molecule has 0 bridgehead atoms. The minimum Gasteiger partial charge on any atom is -3.00 e. The number of nitrogens with zero attached hydrogens (tertiary/aromatic N) is 4. The Morgan fingerprint density at radius 1 is 0.364 bits per heavy atom. The van der Waals surface area contributed by atoms with Gasteiger partial charge in [0.1, 0.15) is 0 Å². The Hall–Kier alpha value is 3.76. The third kappa shape index (κ3) is 135. The summed E-state index contributed by atoms with van der Waals surface area (Å²) < 4.78 is 0. The van der Waals surface area contributed by atoms with E-state index in [0.717, 1.165) is 0 Å². The molecular formula is H4Cu3N4SiTi3. The van der Waals surface area contributed by atoms with Crippen LogP contribution in [0.1, 0.15) is 0 Å². The summed E-state index contributed by atoms with van der Waals surface area (Å²) in [5, 5.41) is 0. The Morgan fingerprint density at radius 2 is 0.364 bits per heavy atom. The second kappa shape index (κ2) is 159. The fourth-order valence-electron chi connectivity index (χ4n) is 0. The molecule has 0 fully saturated rings. The average Bonchev–Trinajstić information content (AvgIpc) is 0. The Bertz CT molecular complexity index is 20.5. The summed E-state index contributed by atoms with van der Waals surface area (Å²) >= 11 is 0. The predicted octanol–water partition coefficient (Wildman–Crippen LogP) is -0.312. The molecule has 0 aromatic rings. The molecule has 0 saturated carbocycles. The largest absolute Gasteiger partial charge is 4.00 e. The summed E-state index contributed by atoms with van der Waals surface area (Å²) in [5.74, 6) is 0. The van der Waals surface area contributed by atoms with Gasteiger partial charge in [0.25, 0.3) is 0 Å². The van der Waals surface area contributed by atoms with Crippen LogP contribution in [0, 0.1) is 0 Å². The van der Waals surface area contributed by atoms with Gasteiger partial charge in [-0.2, -0.15) is 0 Å². The second-order valence-corrected chi connectivity index (χ2v) is 0. The van der Waals surface area contributed by atoms with Crippen LogP contribution in [0.15, 0.2) is 0 Å². The molecule has 0 rings (SSSR count). The first-order chi connectivity index (χ1) is 0. The maximum Gasteiger partial charge on any atom is 4.00 e. The van der Waals surface area contributed by atoms with Gasteiger partial charge in [0.2, 0.25) is 0 Å². The molecule has 0 N–H and O–H groups in total. The van der Waals surface area contributed by atoms with E-state index in [-0.39, 0.29) is 152 Å². The van der Waals surface area contributed by atoms with Crippen molar-refractivity contribution in [1.29, 1.82) is 0 Å². The predicted molar refractivity (Wildman–Crippen MR) is 24.8 cm³/mol. The Kier molecular flexibility index (Phi) is 2850. The van der Waals surface area contributed by atoms with Gasteiger partial charge in [-0.25, -0.2) is 0 Å². The summed E-state index contributed by atoms with van der Waals surface area (Å²) in [6, 6.07) is 0. The molecule has 0 aliphatic rings. The molecule has 73 valence electrons. The van der Waals surface area contributed by atoms with Crippen molar-refractivity contribution in [3.8, 4) is 0 Å². The van der Waals surface area contributed by atoms with Crippen molar-refractivity contribution in [3.63, 3.8) is 0 Å². The van der Waals surface area contributed by atoms with E-state index in [1.807, 2.05) is 0 Å². The number of rotatable bonds is 0. The molecule has 0 aromatic heterocycles. The fraction of sp³-hybridized carbons (Fsp3) is 0. The molecule has 3 radical (unpaired) electrons. The third-order valence-corrected chi connectivity index (χ3v) is 0. The molecule has 11 heavy (non-hydrogen) atoms. The smallest absolute Gasteiger partial charge is 3.00 e. The van der Waals surface area contributed by atoms with Crippen LogP contribution in [-0.2, 0) is 116 Å². The normalized spacial score (nSPS) is 0. The second-order valence-electron chi connectivity index (χ2n) is 0. The monoisotopic (exact) mass is 421 g/mol. The van der Waals surface area contributed by atoms with Gasteiger partial charge in [-0.15, -0.1) is 0 Å². The minimum absolute atomic E-state index is 0. The molecule has 0 spiro atoms. The molecular weight excluding hydrogens is 418 g/mol. The first-order valence-electron chi connectivity index (χ1n) is 0. The van der Waals surface area contributed by atoms with E-state index in [0.29, 0.717) is 0 Å². The maximum atomic E-state index is 0. The maximum absolute atomic E-state index is 0. The summed E-state index contributed by atoms with van der Waals surface area (Å²) in [5.41, 5.74) is 0. The van der Waals surface area contributed by atoms with E-state index >= 15 is 0 Å². The number of hydrogen-bond acceptors (Lipinski definition) is 0. The van der Waals surface area contributed by atoms with E-state index in [1.165, 1.54) is 0 Å². The van der Waals surface area contributed by atoms with Crippen molar-refractivity contribution in [2.75, 3.05) is 0 Å². The van der Waals surface area contributed by atoms with Crippen molar-refractivity contribution >= 4 is 11.0 Å². The van der Waals surface area contributed by atoms with Crippen LogP contribution in [0.25, 0.3) is 24.6 Å². The Morgan fingerprint density at radius 3 is 0.364 bits per heavy atom. The van der Waals surface area contributed by atoms with Gasteiger partial charge < -0.3 is 24.6 Å². The molecule has 0 unspecified atom stereocenters. The zero-order chi connectivity index (χ0) is 0. The first-order valence-corrected chi connectivity index (χ1v) is 0. The minimum atomic E-state index is 0. The standard InChI is InChI=1S/3Cu.4N.H4Si.3Ti/h;;;;;;;1H4;;;/q;;;4*-3;;3*+4. The summed E-state index contributed by atoms with van der Waals surface area (Å²) in [4.78, 5) is 0. The first kappa shape index (κ1) is 198. The van der Waals surface area contributed by atoms with Crippen molar-refractivity contribution < 1.29 is 116 Å². The fourth-order valence-corrected chi connectivity index (χ4v) is 0. The van der Waals surface area contributed by atoms with Crippen LogP contribution in [0.2, 0.25) is 0 Å². The van der Waals surface area contributed by atoms with Crippen LogP contribution in [-0.4, -0.2) is 11.0 Å². The van der Waals surface area contributed by atoms with E-state index in [1.54, 1.807) is 0 Å². The van der Waals surface area contributed by atoms with E-state index in [9.17, 15) is 0 Å². The van der Waals surface area contributed by atoms with Gasteiger partial charge in [-0.3, -0.25) is 0 Å². The van der Waals surface area contributed by atoms with Gasteiger partial charge in [-0.05, 0) is 11.0 Å². The van der Waals surface area contributed by atoms with Crippen molar-refractivity contribution in [3.05, 3.63) is 24.6 Å². The topological polar surface area (TPSA) is 122 Å². The van der Waals surface area contributed by atoms with E-state index in [2.05, 4.69) is 0 Å². The Balaban J connectivity index is 0. The van der Waals surface area contributed by atoms with Gasteiger partial charge in [-0.1, -0.05) is 0 Å². The molecule has 0 aliphatic heterocycles. The van der Waals surface area contributed by atoms with Gasteiger partial charge >= 0.3 is 65.2 Å². The molecule has 0 heterocycles. The van der Waals surface area contributed by atoms with Gasteiger partial charge in [0, 0.05) is 51.2 Å². The van der Waals surface area contributed by atoms with Crippen molar-refractivity contribution in [1.82, 2.24) is 0 Å². The van der Waals surface area contributed by atoms with E-state index < -0.39 is 0 Å². The molecule has 0 aliphatic carbocycles. The Labute approximate surface area is 149 Å². The summed E-state index contributed by atoms with van der Waals surface area (Å²) in [6.07, 6.45) is 0.